The molecule has 0 unspecified atom stereocenters. The van der Waals surface area contributed by atoms with Crippen molar-refractivity contribution in [3.63, 3.8) is 0 Å². The molecule has 0 N–H and O–H groups in total. The molecule has 2 aliphatic rings. The van der Waals surface area contributed by atoms with Gasteiger partial charge < -0.3 is 19.6 Å². The smallest absolute Gasteiger partial charge is 0.510 e. The Kier molecular flexibility index (Phi) is 5.73. The predicted molar refractivity (Wildman–Crippen MR) is 101 cm³/mol. The zero-order valence-corrected chi connectivity index (χ0v) is 17.0. The van der Waals surface area contributed by atoms with Gasteiger partial charge in [-0.05, 0) is 45.3 Å². The minimum Gasteiger partial charge on any atom is -0.510 e. The normalized spacial score (nSPS) is 15.8. The summed E-state index contributed by atoms with van der Waals surface area (Å²) in [6, 6.07) is 19.5. The number of nitrogens with zero attached hydrogens (tertiary/aromatic N) is 4. The van der Waals surface area contributed by atoms with Gasteiger partial charge in [-0.3, -0.25) is 0 Å². The number of anilines is 2. The molecule has 0 atom stereocenters. The van der Waals surface area contributed by atoms with Crippen molar-refractivity contribution in [3.8, 4) is 0 Å². The van der Waals surface area contributed by atoms with Crippen LogP contribution in [0.5, 0.6) is 0 Å². The Labute approximate surface area is 170 Å². The van der Waals surface area contributed by atoms with Crippen LogP contribution in [0.4, 0.5) is 11.4 Å². The fraction of sp³-hybridized carbons (Fsp3) is 0.143. The second kappa shape index (κ2) is 8.01. The van der Waals surface area contributed by atoms with E-state index in [-0.39, 0.29) is 21.1 Å². The van der Waals surface area contributed by atoms with Crippen LogP contribution in [0.25, 0.3) is 0 Å². The molecular formula is C21H20N4Pt. The van der Waals surface area contributed by atoms with Crippen LogP contribution in [0.2, 0.25) is 0 Å². The largest absolute Gasteiger partial charge is 4.00 e. The van der Waals surface area contributed by atoms with Crippen LogP contribution in [0.3, 0.4) is 0 Å². The first kappa shape index (κ1) is 18.6. The van der Waals surface area contributed by atoms with Gasteiger partial charge in [0.1, 0.15) is 0 Å². The van der Waals surface area contributed by atoms with Gasteiger partial charge in [-0.2, -0.15) is 73.0 Å². The van der Waals surface area contributed by atoms with E-state index >= 15 is 0 Å². The van der Waals surface area contributed by atoms with Crippen molar-refractivity contribution in [3.05, 3.63) is 97.8 Å². The van der Waals surface area contributed by atoms with E-state index in [0.717, 1.165) is 28.9 Å². The molecule has 0 bridgehead atoms. The van der Waals surface area contributed by atoms with Crippen molar-refractivity contribution in [1.29, 1.82) is 0 Å². The van der Waals surface area contributed by atoms with Crippen LogP contribution < -0.4 is 9.80 Å². The molecule has 0 aliphatic carbocycles. The van der Waals surface area contributed by atoms with Crippen LogP contribution in [0, 0.1) is 25.5 Å². The van der Waals surface area contributed by atoms with E-state index in [4.69, 9.17) is 0 Å². The van der Waals surface area contributed by atoms with Gasteiger partial charge in [-0.25, -0.2) is 0 Å². The van der Waals surface area contributed by atoms with Crippen molar-refractivity contribution < 1.29 is 21.1 Å². The van der Waals surface area contributed by atoms with Crippen molar-refractivity contribution in [1.82, 2.24) is 9.80 Å². The van der Waals surface area contributed by atoms with Gasteiger partial charge >= 0.3 is 21.1 Å². The summed E-state index contributed by atoms with van der Waals surface area (Å²) in [4.78, 5) is 8.19. The average Bonchev–Trinajstić information content (AvgIpc) is 3.24. The molecule has 4 nitrogen and oxygen atoms in total. The van der Waals surface area contributed by atoms with Crippen molar-refractivity contribution in [2.24, 2.45) is 0 Å². The van der Waals surface area contributed by atoms with Crippen LogP contribution in [-0.2, 0) is 27.5 Å². The molecule has 0 amide bonds. The minimum absolute atomic E-state index is 0. The first-order chi connectivity index (χ1) is 12.2. The Balaban J connectivity index is 0.00000196. The van der Waals surface area contributed by atoms with Crippen molar-refractivity contribution in [2.75, 3.05) is 23.9 Å². The molecule has 26 heavy (non-hydrogen) atoms. The zero-order valence-electron chi connectivity index (χ0n) is 14.7. The van der Waals surface area contributed by atoms with E-state index < -0.39 is 0 Å². The first-order valence-corrected chi connectivity index (χ1v) is 8.27. The van der Waals surface area contributed by atoms with Gasteiger partial charge in [-0.1, -0.05) is 0 Å². The third-order valence-electron chi connectivity index (χ3n) is 4.16. The number of rotatable bonds is 4. The molecule has 134 valence electrons. The first-order valence-electron chi connectivity index (χ1n) is 8.27. The standard InChI is InChI=1S/C21H20N4.Pt/c1-22-9-11-24(16-22)20-7-3-5-18(14-20)13-19-6-4-8-21(15-19)25-12-10-23(2)17-25;/h3-12,16-17H,13H2,1-2H3;/q-4;+4. The van der Waals surface area contributed by atoms with Gasteiger partial charge in [0.05, 0.1) is 0 Å². The predicted octanol–water partition coefficient (Wildman–Crippen LogP) is 3.56. The monoisotopic (exact) mass is 523 g/mol. The quantitative estimate of drug-likeness (QED) is 0.569. The molecule has 5 heteroatoms. The van der Waals surface area contributed by atoms with E-state index in [1.54, 1.807) is 0 Å². The maximum Gasteiger partial charge on any atom is 4.00 e. The molecule has 0 aromatic heterocycles. The Morgan fingerprint density at radius 2 is 1.19 bits per heavy atom. The van der Waals surface area contributed by atoms with Gasteiger partial charge in [0.2, 0.25) is 0 Å². The van der Waals surface area contributed by atoms with E-state index in [2.05, 4.69) is 58.3 Å². The maximum absolute atomic E-state index is 3.50. The molecule has 2 aliphatic heterocycles. The molecule has 2 heterocycles. The Morgan fingerprint density at radius 3 is 1.58 bits per heavy atom. The molecule has 2 aromatic carbocycles. The van der Waals surface area contributed by atoms with Crippen LogP contribution in [0.1, 0.15) is 11.1 Å². The molecule has 0 radical (unpaired) electrons. The van der Waals surface area contributed by atoms with Crippen LogP contribution in [0.15, 0.2) is 61.2 Å². The third kappa shape index (κ3) is 4.13. The Bertz CT molecular complexity index is 750. The molecule has 0 fully saturated rings. The summed E-state index contributed by atoms with van der Waals surface area (Å²) in [6.07, 6.45) is 8.93. The summed E-state index contributed by atoms with van der Waals surface area (Å²) in [7, 11) is 4.03. The second-order valence-electron chi connectivity index (χ2n) is 6.27. The number of benzene rings is 2. The number of hydrogen-bond acceptors (Lipinski definition) is 4. The second-order valence-corrected chi connectivity index (χ2v) is 6.27. The van der Waals surface area contributed by atoms with Crippen LogP contribution in [-0.4, -0.2) is 23.9 Å². The minimum atomic E-state index is 0. The molecule has 2 aromatic rings. The summed E-state index contributed by atoms with van der Waals surface area (Å²) >= 11 is 0. The number of hydrogen-bond donors (Lipinski definition) is 0. The fourth-order valence-electron chi connectivity index (χ4n) is 2.90. The maximum atomic E-state index is 3.50. The van der Waals surface area contributed by atoms with E-state index in [1.807, 2.05) is 62.0 Å². The van der Waals surface area contributed by atoms with Gasteiger partial charge in [-0.15, -0.1) is 11.4 Å². The van der Waals surface area contributed by atoms with E-state index in [0.29, 0.717) is 0 Å². The van der Waals surface area contributed by atoms with E-state index in [1.165, 1.54) is 0 Å². The van der Waals surface area contributed by atoms with Gasteiger partial charge in [0.15, 0.2) is 0 Å². The summed E-state index contributed by atoms with van der Waals surface area (Å²) < 4.78 is 0. The fourth-order valence-corrected chi connectivity index (χ4v) is 2.90. The Morgan fingerprint density at radius 1 is 0.731 bits per heavy atom. The summed E-state index contributed by atoms with van der Waals surface area (Å²) in [6.45, 7) is 4.07. The zero-order chi connectivity index (χ0) is 17.2. The van der Waals surface area contributed by atoms with Crippen LogP contribution >= 0.6 is 0 Å². The molecule has 0 saturated heterocycles. The molecular weight excluding hydrogens is 503 g/mol. The third-order valence-corrected chi connectivity index (χ3v) is 4.16. The molecule has 4 rings (SSSR count). The average molecular weight is 523 g/mol. The summed E-state index contributed by atoms with van der Waals surface area (Å²) in [5.41, 5.74) is 4.40. The molecule has 0 saturated carbocycles. The summed E-state index contributed by atoms with van der Waals surface area (Å²) in [5.74, 6) is 0. The molecule has 0 spiro atoms. The van der Waals surface area contributed by atoms with Crippen molar-refractivity contribution >= 4 is 11.4 Å². The Hall–Kier alpha value is -2.19. The topological polar surface area (TPSA) is 13.0 Å². The summed E-state index contributed by atoms with van der Waals surface area (Å²) in [5, 5.41) is 0. The van der Waals surface area contributed by atoms with Gasteiger partial charge in [0.25, 0.3) is 0 Å². The van der Waals surface area contributed by atoms with Crippen molar-refractivity contribution in [2.45, 2.75) is 6.42 Å². The van der Waals surface area contributed by atoms with Gasteiger partial charge in [0, 0.05) is 0 Å². The van der Waals surface area contributed by atoms with E-state index in [9.17, 15) is 0 Å². The SMILES string of the molecule is CN1C=CN(c2[c-]c(Cc3[c-]c(N4C=CN(C)[CH-]4)ccc3)ccc2)[CH-]1.[Pt+4].